The van der Waals surface area contributed by atoms with E-state index < -0.39 is 11.8 Å². The third-order valence-corrected chi connectivity index (χ3v) is 3.47. The van der Waals surface area contributed by atoms with Crippen molar-refractivity contribution in [1.29, 1.82) is 0 Å². The topological polar surface area (TPSA) is 70.6 Å². The minimum Gasteiger partial charge on any atom is -0.318 e. The number of amides is 2. The van der Waals surface area contributed by atoms with Crippen LogP contribution in [0.15, 0.2) is 53.6 Å². The number of hydrazone groups is 1. The van der Waals surface area contributed by atoms with Crippen molar-refractivity contribution < 1.29 is 9.59 Å². The number of aryl methyl sites for hydroxylation is 1. The van der Waals surface area contributed by atoms with E-state index in [0.29, 0.717) is 17.1 Å². The minimum atomic E-state index is -0.842. The monoisotopic (exact) mass is 329 g/mol. The lowest BCUT2D eigenvalue weighted by atomic mass is 10.2. The first kappa shape index (κ1) is 16.7. The summed E-state index contributed by atoms with van der Waals surface area (Å²) in [7, 11) is 0. The Morgan fingerprint density at radius 1 is 1.13 bits per heavy atom. The summed E-state index contributed by atoms with van der Waals surface area (Å²) in [4.78, 5) is 23.4. The van der Waals surface area contributed by atoms with E-state index in [1.54, 1.807) is 18.2 Å². The van der Waals surface area contributed by atoms with Gasteiger partial charge >= 0.3 is 11.8 Å². The van der Waals surface area contributed by atoms with Gasteiger partial charge in [0.15, 0.2) is 0 Å². The van der Waals surface area contributed by atoms with Crippen LogP contribution in [0.2, 0.25) is 5.02 Å². The van der Waals surface area contributed by atoms with Crippen molar-refractivity contribution in [2.75, 3.05) is 5.32 Å². The molecule has 2 aromatic rings. The molecule has 6 heteroatoms. The first-order valence-electron chi connectivity index (χ1n) is 6.99. The summed E-state index contributed by atoms with van der Waals surface area (Å²) in [6, 6.07) is 14.7. The normalized spacial score (nSPS) is 10.5. The molecule has 23 heavy (non-hydrogen) atoms. The summed E-state index contributed by atoms with van der Waals surface area (Å²) in [6.07, 6.45) is 2.10. The molecule has 2 aromatic carbocycles. The van der Waals surface area contributed by atoms with E-state index in [9.17, 15) is 9.59 Å². The molecule has 0 aliphatic rings. The lowest BCUT2D eigenvalue weighted by Crippen LogP contribution is -2.32. The maximum Gasteiger partial charge on any atom is 0.329 e. The molecule has 0 aliphatic heterocycles. The highest BCUT2D eigenvalue weighted by molar-refractivity contribution is 6.39. The van der Waals surface area contributed by atoms with E-state index in [1.165, 1.54) is 6.21 Å². The average molecular weight is 330 g/mol. The molecular weight excluding hydrogens is 314 g/mol. The average Bonchev–Trinajstić information content (AvgIpc) is 2.55. The van der Waals surface area contributed by atoms with Gasteiger partial charge in [0.25, 0.3) is 0 Å². The van der Waals surface area contributed by atoms with E-state index in [-0.39, 0.29) is 0 Å². The van der Waals surface area contributed by atoms with Crippen LogP contribution in [0.1, 0.15) is 11.1 Å². The largest absolute Gasteiger partial charge is 0.329 e. The zero-order valence-electron chi connectivity index (χ0n) is 12.5. The smallest absolute Gasteiger partial charge is 0.318 e. The maximum absolute atomic E-state index is 11.7. The summed E-state index contributed by atoms with van der Waals surface area (Å²) >= 11 is 5.96. The minimum absolute atomic E-state index is 0.453. The number of carbonyl (C=O) groups excluding carboxylic acids is 2. The standard InChI is InChI=1S/C17H16ClN3O2/c1-12-7-8-14(11-15(12)18)20-16(22)17(23)21-19-10-9-13-5-3-2-4-6-13/h2-8,10-11H,9H2,1H3,(H,20,22)(H,21,23)/b19-10+. The molecule has 0 atom stereocenters. The fourth-order valence-electron chi connectivity index (χ4n) is 1.78. The molecule has 5 nitrogen and oxygen atoms in total. The second-order valence-corrected chi connectivity index (χ2v) is 5.27. The van der Waals surface area contributed by atoms with Crippen molar-refractivity contribution in [2.24, 2.45) is 5.10 Å². The van der Waals surface area contributed by atoms with Gasteiger partial charge < -0.3 is 5.32 Å². The zero-order valence-corrected chi connectivity index (χ0v) is 13.3. The molecule has 2 N–H and O–H groups in total. The summed E-state index contributed by atoms with van der Waals surface area (Å²) < 4.78 is 0. The van der Waals surface area contributed by atoms with Gasteiger partial charge in [0.2, 0.25) is 0 Å². The van der Waals surface area contributed by atoms with E-state index in [2.05, 4.69) is 15.8 Å². The number of benzene rings is 2. The fourth-order valence-corrected chi connectivity index (χ4v) is 1.96. The second-order valence-electron chi connectivity index (χ2n) is 4.86. The predicted octanol–water partition coefficient (Wildman–Crippen LogP) is 2.93. The van der Waals surface area contributed by atoms with Crippen molar-refractivity contribution in [1.82, 2.24) is 5.43 Å². The Labute approximate surface area is 139 Å². The number of hydrogen-bond donors (Lipinski definition) is 2. The molecule has 0 aliphatic carbocycles. The highest BCUT2D eigenvalue weighted by atomic mass is 35.5. The third-order valence-electron chi connectivity index (χ3n) is 3.06. The highest BCUT2D eigenvalue weighted by Crippen LogP contribution is 2.19. The van der Waals surface area contributed by atoms with Gasteiger partial charge in [-0.1, -0.05) is 48.0 Å². The Hall–Kier alpha value is -2.66. The van der Waals surface area contributed by atoms with Gasteiger partial charge in [-0.25, -0.2) is 5.43 Å². The van der Waals surface area contributed by atoms with Crippen LogP contribution in [-0.4, -0.2) is 18.0 Å². The zero-order chi connectivity index (χ0) is 16.7. The van der Waals surface area contributed by atoms with Gasteiger partial charge in [0, 0.05) is 23.3 Å². The van der Waals surface area contributed by atoms with Crippen LogP contribution >= 0.6 is 11.6 Å². The predicted molar refractivity (Wildman–Crippen MR) is 91.6 cm³/mol. The Bertz CT molecular complexity index is 730. The Kier molecular flexibility index (Phi) is 5.88. The summed E-state index contributed by atoms with van der Waals surface area (Å²) in [5.41, 5.74) is 4.59. The number of hydrogen-bond acceptors (Lipinski definition) is 3. The van der Waals surface area contributed by atoms with Gasteiger partial charge in [0.1, 0.15) is 0 Å². The van der Waals surface area contributed by atoms with Gasteiger partial charge in [0.05, 0.1) is 0 Å². The molecule has 0 saturated heterocycles. The van der Waals surface area contributed by atoms with Crippen LogP contribution in [0, 0.1) is 6.92 Å². The molecule has 0 heterocycles. The first-order valence-corrected chi connectivity index (χ1v) is 7.37. The molecule has 2 rings (SSSR count). The van der Waals surface area contributed by atoms with E-state index >= 15 is 0 Å². The van der Waals surface area contributed by atoms with E-state index in [4.69, 9.17) is 11.6 Å². The lowest BCUT2D eigenvalue weighted by molar-refractivity contribution is -0.136. The third kappa shape index (κ3) is 5.23. The van der Waals surface area contributed by atoms with Crippen molar-refractivity contribution in [2.45, 2.75) is 13.3 Å². The maximum atomic E-state index is 11.7. The fraction of sp³-hybridized carbons (Fsp3) is 0.118. The van der Waals surface area contributed by atoms with Crippen LogP contribution in [0.5, 0.6) is 0 Å². The molecule has 2 amide bonds. The van der Waals surface area contributed by atoms with Crippen LogP contribution in [-0.2, 0) is 16.0 Å². The lowest BCUT2D eigenvalue weighted by Gasteiger charge is -2.05. The summed E-state index contributed by atoms with van der Waals surface area (Å²) in [5, 5.41) is 6.73. The molecule has 0 fully saturated rings. The first-order chi connectivity index (χ1) is 11.1. The molecule has 0 unspecified atom stereocenters. The van der Waals surface area contributed by atoms with Gasteiger partial charge in [-0.3, -0.25) is 9.59 Å². The van der Waals surface area contributed by atoms with Gasteiger partial charge in [-0.15, -0.1) is 0 Å². The Morgan fingerprint density at radius 3 is 2.57 bits per heavy atom. The molecular formula is C17H16ClN3O2. The molecule has 0 aromatic heterocycles. The van der Waals surface area contributed by atoms with Crippen LogP contribution in [0.4, 0.5) is 5.69 Å². The SMILES string of the molecule is Cc1ccc(NC(=O)C(=O)N/N=C/Cc2ccccc2)cc1Cl. The number of halogens is 1. The van der Waals surface area contributed by atoms with Gasteiger partial charge in [-0.05, 0) is 30.2 Å². The van der Waals surface area contributed by atoms with E-state index in [1.807, 2.05) is 37.3 Å². The molecule has 0 bridgehead atoms. The van der Waals surface area contributed by atoms with Crippen LogP contribution < -0.4 is 10.7 Å². The summed E-state index contributed by atoms with van der Waals surface area (Å²) in [6.45, 7) is 1.85. The van der Waals surface area contributed by atoms with Crippen molar-refractivity contribution in [3.05, 3.63) is 64.7 Å². The second kappa shape index (κ2) is 8.10. The van der Waals surface area contributed by atoms with Crippen LogP contribution in [0.25, 0.3) is 0 Å². The quantitative estimate of drug-likeness (QED) is 0.514. The highest BCUT2D eigenvalue weighted by Gasteiger charge is 2.13. The molecule has 0 radical (unpaired) electrons. The number of nitrogens with zero attached hydrogens (tertiary/aromatic N) is 1. The number of rotatable bonds is 4. The van der Waals surface area contributed by atoms with Crippen LogP contribution in [0.3, 0.4) is 0 Å². The molecule has 0 spiro atoms. The Balaban J connectivity index is 1.83. The van der Waals surface area contributed by atoms with Crippen molar-refractivity contribution in [3.63, 3.8) is 0 Å². The number of nitrogens with one attached hydrogen (secondary N) is 2. The van der Waals surface area contributed by atoms with Gasteiger partial charge in [-0.2, -0.15) is 5.10 Å². The molecule has 118 valence electrons. The number of anilines is 1. The van der Waals surface area contributed by atoms with E-state index in [0.717, 1.165) is 11.1 Å². The Morgan fingerprint density at radius 2 is 1.87 bits per heavy atom. The van der Waals surface area contributed by atoms with Crippen molar-refractivity contribution in [3.8, 4) is 0 Å². The van der Waals surface area contributed by atoms with Crippen molar-refractivity contribution >= 4 is 35.3 Å². The molecule has 0 saturated carbocycles. The number of carbonyl (C=O) groups is 2. The summed E-state index contributed by atoms with van der Waals surface area (Å²) in [5.74, 6) is -1.65.